The summed E-state index contributed by atoms with van der Waals surface area (Å²) in [6.07, 6.45) is 6.74. The van der Waals surface area contributed by atoms with Crippen LogP contribution in [0.5, 0.6) is 5.75 Å². The monoisotopic (exact) mass is 273 g/mol. The van der Waals surface area contributed by atoms with Gasteiger partial charge < -0.3 is 10.5 Å². The maximum atomic E-state index is 6.12. The summed E-state index contributed by atoms with van der Waals surface area (Å²) in [7, 11) is 1.93. The molecule has 0 bridgehead atoms. The quantitative estimate of drug-likeness (QED) is 0.843. The molecule has 0 aliphatic rings. The second kappa shape index (κ2) is 7.10. The molecule has 0 saturated heterocycles. The highest BCUT2D eigenvalue weighted by Crippen LogP contribution is 2.13. The van der Waals surface area contributed by atoms with Gasteiger partial charge in [0.25, 0.3) is 0 Å². The van der Waals surface area contributed by atoms with Gasteiger partial charge in [-0.05, 0) is 49.4 Å². The van der Waals surface area contributed by atoms with E-state index in [1.807, 2.05) is 42.3 Å². The molecule has 0 spiro atoms. The zero-order chi connectivity index (χ0) is 14.4. The first-order valence-corrected chi connectivity index (χ1v) is 7.06. The normalized spacial score (nSPS) is 12.3. The number of nitrogens with zero attached hydrogens (tertiary/aromatic N) is 2. The third-order valence-corrected chi connectivity index (χ3v) is 3.31. The highest BCUT2D eigenvalue weighted by Gasteiger charge is 2.05. The van der Waals surface area contributed by atoms with Crippen molar-refractivity contribution in [3.63, 3.8) is 0 Å². The van der Waals surface area contributed by atoms with E-state index in [0.717, 1.165) is 25.0 Å². The first-order valence-electron chi connectivity index (χ1n) is 7.06. The molecule has 20 heavy (non-hydrogen) atoms. The van der Waals surface area contributed by atoms with Crippen LogP contribution in [0.4, 0.5) is 0 Å². The van der Waals surface area contributed by atoms with Gasteiger partial charge >= 0.3 is 0 Å². The molecular formula is C16H23N3O. The van der Waals surface area contributed by atoms with E-state index in [2.05, 4.69) is 18.1 Å². The lowest BCUT2D eigenvalue weighted by molar-refractivity contribution is 0.294. The standard InChI is InChI=1S/C16H23N3O/c1-13-4-3-5-16(10-13)20-9-8-15(17)7-6-14-11-18-19(2)12-14/h3-5,10-12,15H,6-9,17H2,1-2H3. The summed E-state index contributed by atoms with van der Waals surface area (Å²) in [6.45, 7) is 2.73. The smallest absolute Gasteiger partial charge is 0.119 e. The van der Waals surface area contributed by atoms with Crippen molar-refractivity contribution in [2.24, 2.45) is 12.8 Å². The van der Waals surface area contributed by atoms with Crippen molar-refractivity contribution in [3.05, 3.63) is 47.8 Å². The van der Waals surface area contributed by atoms with E-state index in [1.54, 1.807) is 0 Å². The third kappa shape index (κ3) is 4.70. The molecule has 0 radical (unpaired) electrons. The van der Waals surface area contributed by atoms with Gasteiger partial charge in [0.2, 0.25) is 0 Å². The summed E-state index contributed by atoms with van der Waals surface area (Å²) < 4.78 is 7.54. The summed E-state index contributed by atoms with van der Waals surface area (Å²) in [5.74, 6) is 0.921. The summed E-state index contributed by atoms with van der Waals surface area (Å²) in [5, 5.41) is 4.16. The Morgan fingerprint density at radius 1 is 1.35 bits per heavy atom. The molecule has 1 aromatic heterocycles. The molecular weight excluding hydrogens is 250 g/mol. The molecule has 0 aliphatic carbocycles. The molecule has 4 heteroatoms. The predicted octanol–water partition coefficient (Wildman–Crippen LogP) is 2.46. The van der Waals surface area contributed by atoms with Gasteiger partial charge in [0.15, 0.2) is 0 Å². The van der Waals surface area contributed by atoms with Crippen LogP contribution in [-0.2, 0) is 13.5 Å². The summed E-state index contributed by atoms with van der Waals surface area (Å²) in [4.78, 5) is 0. The van der Waals surface area contributed by atoms with Gasteiger partial charge in [-0.15, -0.1) is 0 Å². The Bertz CT molecular complexity index is 536. The van der Waals surface area contributed by atoms with Gasteiger partial charge in [0.05, 0.1) is 12.8 Å². The molecule has 1 unspecified atom stereocenters. The molecule has 1 aromatic carbocycles. The summed E-state index contributed by atoms with van der Waals surface area (Å²) >= 11 is 0. The van der Waals surface area contributed by atoms with Crippen LogP contribution >= 0.6 is 0 Å². The van der Waals surface area contributed by atoms with Crippen LogP contribution < -0.4 is 10.5 Å². The topological polar surface area (TPSA) is 53.1 Å². The van der Waals surface area contributed by atoms with E-state index in [-0.39, 0.29) is 6.04 Å². The summed E-state index contributed by atoms with van der Waals surface area (Å²) in [6, 6.07) is 8.26. The molecule has 0 saturated carbocycles. The SMILES string of the molecule is Cc1cccc(OCCC(N)CCc2cnn(C)c2)c1. The van der Waals surface area contributed by atoms with Crippen LogP contribution in [0.15, 0.2) is 36.7 Å². The van der Waals surface area contributed by atoms with E-state index in [4.69, 9.17) is 10.5 Å². The average molecular weight is 273 g/mol. The molecule has 1 heterocycles. The lowest BCUT2D eigenvalue weighted by Gasteiger charge is -2.12. The lowest BCUT2D eigenvalue weighted by Crippen LogP contribution is -2.23. The van der Waals surface area contributed by atoms with E-state index in [9.17, 15) is 0 Å². The Hall–Kier alpha value is -1.81. The zero-order valence-corrected chi connectivity index (χ0v) is 12.2. The van der Waals surface area contributed by atoms with Gasteiger partial charge in [-0.25, -0.2) is 0 Å². The molecule has 2 N–H and O–H groups in total. The van der Waals surface area contributed by atoms with E-state index in [0.29, 0.717) is 6.61 Å². The maximum absolute atomic E-state index is 6.12. The van der Waals surface area contributed by atoms with Crippen molar-refractivity contribution in [1.29, 1.82) is 0 Å². The second-order valence-electron chi connectivity index (χ2n) is 5.27. The van der Waals surface area contributed by atoms with Gasteiger partial charge in [-0.1, -0.05) is 12.1 Å². The maximum Gasteiger partial charge on any atom is 0.119 e. The van der Waals surface area contributed by atoms with Crippen LogP contribution in [0.2, 0.25) is 0 Å². The Balaban J connectivity index is 1.66. The molecule has 2 aromatic rings. The van der Waals surface area contributed by atoms with Crippen molar-refractivity contribution in [3.8, 4) is 5.75 Å². The minimum absolute atomic E-state index is 0.167. The van der Waals surface area contributed by atoms with Crippen LogP contribution in [-0.4, -0.2) is 22.4 Å². The molecule has 0 fully saturated rings. The fourth-order valence-electron chi connectivity index (χ4n) is 2.13. The highest BCUT2D eigenvalue weighted by atomic mass is 16.5. The number of aryl methyl sites for hydroxylation is 3. The number of aromatic nitrogens is 2. The number of nitrogens with two attached hydrogens (primary N) is 1. The Kier molecular flexibility index (Phi) is 5.18. The minimum Gasteiger partial charge on any atom is -0.494 e. The van der Waals surface area contributed by atoms with Gasteiger partial charge in [0, 0.05) is 19.3 Å². The number of benzene rings is 1. The van der Waals surface area contributed by atoms with E-state index < -0.39 is 0 Å². The zero-order valence-electron chi connectivity index (χ0n) is 12.2. The van der Waals surface area contributed by atoms with Crippen LogP contribution in [0.1, 0.15) is 24.0 Å². The molecule has 0 aliphatic heterocycles. The van der Waals surface area contributed by atoms with Crippen molar-refractivity contribution in [2.75, 3.05) is 6.61 Å². The average Bonchev–Trinajstić information content (AvgIpc) is 2.82. The van der Waals surface area contributed by atoms with Crippen molar-refractivity contribution in [2.45, 2.75) is 32.2 Å². The van der Waals surface area contributed by atoms with Crippen molar-refractivity contribution in [1.82, 2.24) is 9.78 Å². The largest absolute Gasteiger partial charge is 0.494 e. The Morgan fingerprint density at radius 3 is 2.90 bits per heavy atom. The number of rotatable bonds is 7. The van der Waals surface area contributed by atoms with Gasteiger partial charge in [-0.2, -0.15) is 5.10 Å². The van der Waals surface area contributed by atoms with E-state index in [1.165, 1.54) is 11.1 Å². The first-order chi connectivity index (χ1) is 9.63. The molecule has 108 valence electrons. The van der Waals surface area contributed by atoms with Crippen molar-refractivity contribution < 1.29 is 4.74 Å². The predicted molar refractivity (Wildman–Crippen MR) is 80.8 cm³/mol. The van der Waals surface area contributed by atoms with Gasteiger partial charge in [-0.3, -0.25) is 4.68 Å². The third-order valence-electron chi connectivity index (χ3n) is 3.31. The molecule has 1 atom stereocenters. The van der Waals surface area contributed by atoms with Crippen LogP contribution in [0.25, 0.3) is 0 Å². The number of hydrogen-bond donors (Lipinski definition) is 1. The van der Waals surface area contributed by atoms with Gasteiger partial charge in [0.1, 0.15) is 5.75 Å². The number of hydrogen-bond acceptors (Lipinski definition) is 3. The second-order valence-corrected chi connectivity index (χ2v) is 5.27. The first kappa shape index (κ1) is 14.6. The highest BCUT2D eigenvalue weighted by molar-refractivity contribution is 5.27. The molecule has 0 amide bonds. The Morgan fingerprint density at radius 2 is 2.20 bits per heavy atom. The van der Waals surface area contributed by atoms with Crippen molar-refractivity contribution >= 4 is 0 Å². The van der Waals surface area contributed by atoms with E-state index >= 15 is 0 Å². The molecule has 2 rings (SSSR count). The molecule has 4 nitrogen and oxygen atoms in total. The Labute approximate surface area is 120 Å². The number of ether oxygens (including phenoxy) is 1. The van der Waals surface area contributed by atoms with Crippen LogP contribution in [0.3, 0.4) is 0 Å². The van der Waals surface area contributed by atoms with Crippen LogP contribution in [0, 0.1) is 6.92 Å². The minimum atomic E-state index is 0.167. The fraction of sp³-hybridized carbons (Fsp3) is 0.438. The lowest BCUT2D eigenvalue weighted by atomic mass is 10.1. The fourth-order valence-corrected chi connectivity index (χ4v) is 2.13. The summed E-state index contributed by atoms with van der Waals surface area (Å²) in [5.41, 5.74) is 8.57.